The molecule has 1 unspecified atom stereocenters. The lowest BCUT2D eigenvalue weighted by Crippen LogP contribution is -2.36. The molecule has 3 rings (SSSR count). The summed E-state index contributed by atoms with van der Waals surface area (Å²) in [6, 6.07) is 11.7. The van der Waals surface area contributed by atoms with Crippen molar-refractivity contribution in [2.75, 3.05) is 40.5 Å². The van der Waals surface area contributed by atoms with Crippen LogP contribution in [0.5, 0.6) is 17.2 Å². The smallest absolute Gasteiger partial charge is 0.251 e. The molecule has 1 saturated heterocycles. The van der Waals surface area contributed by atoms with E-state index < -0.39 is 0 Å². The van der Waals surface area contributed by atoms with Gasteiger partial charge in [0.05, 0.1) is 31.3 Å². The van der Waals surface area contributed by atoms with Crippen LogP contribution in [0, 0.1) is 0 Å². The number of hydrogen-bond donors (Lipinski definition) is 1. The number of nitrogens with zero attached hydrogens (tertiary/aromatic N) is 1. The van der Waals surface area contributed by atoms with Gasteiger partial charge in [-0.25, -0.2) is 0 Å². The molecule has 0 bridgehead atoms. The van der Waals surface area contributed by atoms with Crippen molar-refractivity contribution < 1.29 is 19.0 Å². The van der Waals surface area contributed by atoms with Crippen LogP contribution in [0.4, 0.5) is 0 Å². The number of amides is 1. The van der Waals surface area contributed by atoms with Gasteiger partial charge in [-0.15, -0.1) is 0 Å². The molecule has 7 heteroatoms. The monoisotopic (exact) mass is 476 g/mol. The van der Waals surface area contributed by atoms with Crippen molar-refractivity contribution in [3.63, 3.8) is 0 Å². The number of halogens is 1. The summed E-state index contributed by atoms with van der Waals surface area (Å²) in [6.07, 6.45) is 2.37. The van der Waals surface area contributed by atoms with Crippen molar-refractivity contribution in [3.8, 4) is 17.2 Å². The quantitative estimate of drug-likeness (QED) is 0.579. The van der Waals surface area contributed by atoms with E-state index in [0.29, 0.717) is 34.7 Å². The standard InChI is InChI=1S/C23H29BrN2O4/c1-4-30-22-19(24)13-17(14-21(22)29-3)23(27)25-15-20(26-11-5-6-12-26)16-7-9-18(28-2)10-8-16/h7-10,13-14,20H,4-6,11-12,15H2,1-3H3,(H,25,27). The average Bonchev–Trinajstić information content (AvgIpc) is 3.30. The second kappa shape index (κ2) is 10.7. The van der Waals surface area contributed by atoms with Crippen LogP contribution in [-0.4, -0.2) is 51.3 Å². The second-order valence-electron chi connectivity index (χ2n) is 7.16. The number of methoxy groups -OCH3 is 2. The van der Waals surface area contributed by atoms with Crippen molar-refractivity contribution in [2.45, 2.75) is 25.8 Å². The van der Waals surface area contributed by atoms with Crippen molar-refractivity contribution >= 4 is 21.8 Å². The molecule has 162 valence electrons. The van der Waals surface area contributed by atoms with Crippen LogP contribution in [-0.2, 0) is 0 Å². The molecule has 6 nitrogen and oxygen atoms in total. The summed E-state index contributed by atoms with van der Waals surface area (Å²) in [4.78, 5) is 15.3. The summed E-state index contributed by atoms with van der Waals surface area (Å²) in [7, 11) is 3.23. The SMILES string of the molecule is CCOc1c(Br)cc(C(=O)NCC(c2ccc(OC)cc2)N2CCCC2)cc1OC. The first-order chi connectivity index (χ1) is 14.6. The summed E-state index contributed by atoms with van der Waals surface area (Å²) >= 11 is 3.49. The fourth-order valence-electron chi connectivity index (χ4n) is 3.76. The number of benzene rings is 2. The molecular weight excluding hydrogens is 448 g/mol. The molecule has 1 fully saturated rings. The summed E-state index contributed by atoms with van der Waals surface area (Å²) in [5.74, 6) is 1.82. The Kier molecular flexibility index (Phi) is 7.99. The zero-order valence-corrected chi connectivity index (χ0v) is 19.3. The molecule has 30 heavy (non-hydrogen) atoms. The first-order valence-electron chi connectivity index (χ1n) is 10.2. The average molecular weight is 477 g/mol. The van der Waals surface area contributed by atoms with Crippen LogP contribution < -0.4 is 19.5 Å². The molecule has 2 aromatic carbocycles. The third-order valence-electron chi connectivity index (χ3n) is 5.32. The second-order valence-corrected chi connectivity index (χ2v) is 8.02. The van der Waals surface area contributed by atoms with Gasteiger partial charge < -0.3 is 19.5 Å². The highest BCUT2D eigenvalue weighted by Crippen LogP contribution is 2.36. The molecule has 1 amide bonds. The molecule has 1 atom stereocenters. The summed E-state index contributed by atoms with van der Waals surface area (Å²) in [5.41, 5.74) is 1.69. The number of ether oxygens (including phenoxy) is 3. The van der Waals surface area contributed by atoms with Gasteiger partial charge in [0.15, 0.2) is 11.5 Å². The number of nitrogens with one attached hydrogen (secondary N) is 1. The molecular formula is C23H29BrN2O4. The predicted molar refractivity (Wildman–Crippen MR) is 121 cm³/mol. The van der Waals surface area contributed by atoms with Crippen LogP contribution in [0.25, 0.3) is 0 Å². The Labute approximate surface area is 186 Å². The minimum atomic E-state index is -0.144. The van der Waals surface area contributed by atoms with Crippen LogP contribution in [0.15, 0.2) is 40.9 Å². The Morgan fingerprint density at radius 1 is 1.13 bits per heavy atom. The highest BCUT2D eigenvalue weighted by atomic mass is 79.9. The number of likely N-dealkylation sites (tertiary alicyclic amines) is 1. The van der Waals surface area contributed by atoms with Crippen LogP contribution in [0.1, 0.15) is 41.7 Å². The van der Waals surface area contributed by atoms with Gasteiger partial charge >= 0.3 is 0 Å². The van der Waals surface area contributed by atoms with E-state index in [1.165, 1.54) is 18.4 Å². The van der Waals surface area contributed by atoms with E-state index in [4.69, 9.17) is 14.2 Å². The minimum absolute atomic E-state index is 0.121. The third-order valence-corrected chi connectivity index (χ3v) is 5.91. The Morgan fingerprint density at radius 3 is 2.43 bits per heavy atom. The topological polar surface area (TPSA) is 60.0 Å². The van der Waals surface area contributed by atoms with Gasteiger partial charge in [0, 0.05) is 12.1 Å². The number of carbonyl (C=O) groups is 1. The van der Waals surface area contributed by atoms with Gasteiger partial charge in [-0.2, -0.15) is 0 Å². The van der Waals surface area contributed by atoms with Crippen molar-refractivity contribution in [1.82, 2.24) is 10.2 Å². The Balaban J connectivity index is 1.76. The van der Waals surface area contributed by atoms with E-state index in [0.717, 1.165) is 18.8 Å². The molecule has 0 radical (unpaired) electrons. The van der Waals surface area contributed by atoms with Gasteiger partial charge in [0.25, 0.3) is 5.91 Å². The first-order valence-corrected chi connectivity index (χ1v) is 11.0. The largest absolute Gasteiger partial charge is 0.497 e. The normalized spacial score (nSPS) is 14.9. The lowest BCUT2D eigenvalue weighted by atomic mass is 10.0. The van der Waals surface area contributed by atoms with Gasteiger partial charge in [-0.3, -0.25) is 9.69 Å². The Hall–Kier alpha value is -2.25. The molecule has 0 aliphatic carbocycles. The van der Waals surface area contributed by atoms with Gasteiger partial charge in [0.1, 0.15) is 5.75 Å². The van der Waals surface area contributed by atoms with E-state index >= 15 is 0 Å². The molecule has 0 saturated carbocycles. The molecule has 0 spiro atoms. The zero-order chi connectivity index (χ0) is 21.5. The highest BCUT2D eigenvalue weighted by molar-refractivity contribution is 9.10. The number of hydrogen-bond acceptors (Lipinski definition) is 5. The fraction of sp³-hybridized carbons (Fsp3) is 0.435. The van der Waals surface area contributed by atoms with E-state index in [2.05, 4.69) is 38.3 Å². The van der Waals surface area contributed by atoms with E-state index in [1.54, 1.807) is 26.4 Å². The molecule has 2 aromatic rings. The molecule has 1 N–H and O–H groups in total. The lowest BCUT2D eigenvalue weighted by Gasteiger charge is -2.28. The minimum Gasteiger partial charge on any atom is -0.497 e. The van der Waals surface area contributed by atoms with Gasteiger partial charge in [-0.1, -0.05) is 12.1 Å². The van der Waals surface area contributed by atoms with Gasteiger partial charge in [-0.05, 0) is 78.6 Å². The maximum Gasteiger partial charge on any atom is 0.251 e. The first kappa shape index (κ1) is 22.4. The van der Waals surface area contributed by atoms with E-state index in [-0.39, 0.29) is 11.9 Å². The molecule has 0 aromatic heterocycles. The molecule has 1 aliphatic rings. The van der Waals surface area contributed by atoms with Crippen molar-refractivity contribution in [3.05, 3.63) is 52.0 Å². The molecule has 1 aliphatic heterocycles. The fourth-order valence-corrected chi connectivity index (χ4v) is 4.32. The van der Waals surface area contributed by atoms with Gasteiger partial charge in [0.2, 0.25) is 0 Å². The van der Waals surface area contributed by atoms with Crippen molar-refractivity contribution in [1.29, 1.82) is 0 Å². The van der Waals surface area contributed by atoms with Crippen LogP contribution in [0.2, 0.25) is 0 Å². The maximum absolute atomic E-state index is 12.9. The van der Waals surface area contributed by atoms with Crippen LogP contribution in [0.3, 0.4) is 0 Å². The third kappa shape index (κ3) is 5.26. The maximum atomic E-state index is 12.9. The summed E-state index contributed by atoms with van der Waals surface area (Å²) < 4.78 is 17.0. The van der Waals surface area contributed by atoms with E-state index in [1.807, 2.05) is 19.1 Å². The van der Waals surface area contributed by atoms with E-state index in [9.17, 15) is 4.79 Å². The number of carbonyl (C=O) groups excluding carboxylic acids is 1. The molecule has 1 heterocycles. The number of rotatable bonds is 9. The zero-order valence-electron chi connectivity index (χ0n) is 17.7. The van der Waals surface area contributed by atoms with Crippen molar-refractivity contribution in [2.24, 2.45) is 0 Å². The lowest BCUT2D eigenvalue weighted by molar-refractivity contribution is 0.0937. The predicted octanol–water partition coefficient (Wildman–Crippen LogP) is 4.43. The Morgan fingerprint density at radius 2 is 1.83 bits per heavy atom. The van der Waals surface area contributed by atoms with Crippen LogP contribution >= 0.6 is 15.9 Å². The summed E-state index contributed by atoms with van der Waals surface area (Å²) in [6.45, 7) is 5.02. The highest BCUT2D eigenvalue weighted by Gasteiger charge is 2.24. The summed E-state index contributed by atoms with van der Waals surface area (Å²) in [5, 5.41) is 3.10. The Bertz CT molecular complexity index is 851.